The maximum absolute atomic E-state index is 11.4. The quantitative estimate of drug-likeness (QED) is 0.722. The molecule has 0 aromatic heterocycles. The van der Waals surface area contributed by atoms with E-state index in [-0.39, 0.29) is 19.4 Å². The van der Waals surface area contributed by atoms with Crippen molar-refractivity contribution in [2.45, 2.75) is 31.7 Å². The molecule has 1 N–H and O–H groups in total. The number of hydrogen-bond acceptors (Lipinski definition) is 6. The van der Waals surface area contributed by atoms with Crippen LogP contribution in [0.4, 0.5) is 0 Å². The molecule has 116 valence electrons. The summed E-state index contributed by atoms with van der Waals surface area (Å²) in [6, 6.07) is 9.39. The van der Waals surface area contributed by atoms with Crippen LogP contribution in [0.3, 0.4) is 0 Å². The lowest BCUT2D eigenvalue weighted by Gasteiger charge is -2.19. The number of methoxy groups -OCH3 is 2. The number of rotatable bonds is 8. The molecule has 0 radical (unpaired) electrons. The summed E-state index contributed by atoms with van der Waals surface area (Å²) in [6.45, 7) is 0.274. The Bertz CT molecular complexity index is 445. The van der Waals surface area contributed by atoms with Crippen LogP contribution in [0.2, 0.25) is 0 Å². The molecule has 6 heteroatoms. The van der Waals surface area contributed by atoms with Gasteiger partial charge in [0, 0.05) is 6.42 Å². The van der Waals surface area contributed by atoms with Gasteiger partial charge < -0.3 is 19.3 Å². The maximum atomic E-state index is 11.4. The van der Waals surface area contributed by atoms with Gasteiger partial charge in [0.2, 0.25) is 0 Å². The zero-order chi connectivity index (χ0) is 15.7. The Morgan fingerprint density at radius 3 is 2.38 bits per heavy atom. The van der Waals surface area contributed by atoms with Crippen molar-refractivity contribution in [1.29, 1.82) is 0 Å². The summed E-state index contributed by atoms with van der Waals surface area (Å²) in [5.74, 6) is -1.22. The van der Waals surface area contributed by atoms with Crippen molar-refractivity contribution in [1.82, 2.24) is 0 Å². The van der Waals surface area contributed by atoms with E-state index in [1.54, 1.807) is 0 Å². The van der Waals surface area contributed by atoms with Gasteiger partial charge in [0.25, 0.3) is 0 Å². The molecule has 0 unspecified atom stereocenters. The molecule has 0 aliphatic rings. The van der Waals surface area contributed by atoms with Gasteiger partial charge in [0.15, 0.2) is 6.10 Å². The first-order valence-electron chi connectivity index (χ1n) is 6.55. The zero-order valence-corrected chi connectivity index (χ0v) is 12.2. The molecular formula is C15H20O6. The Kier molecular flexibility index (Phi) is 7.42. The van der Waals surface area contributed by atoms with Crippen molar-refractivity contribution in [3.63, 3.8) is 0 Å². The average molecular weight is 296 g/mol. The molecule has 0 spiro atoms. The van der Waals surface area contributed by atoms with Crippen LogP contribution >= 0.6 is 0 Å². The topological polar surface area (TPSA) is 82.1 Å². The highest BCUT2D eigenvalue weighted by Crippen LogP contribution is 2.13. The summed E-state index contributed by atoms with van der Waals surface area (Å²) in [7, 11) is 2.46. The Labute approximate surface area is 123 Å². The number of benzene rings is 1. The molecule has 1 aromatic carbocycles. The fraction of sp³-hybridized carbons (Fsp3) is 0.467. The van der Waals surface area contributed by atoms with Crippen molar-refractivity contribution in [3.8, 4) is 0 Å². The summed E-state index contributed by atoms with van der Waals surface area (Å²) in [5.41, 5.74) is 0.930. The number of hydrogen-bond donors (Lipinski definition) is 1. The molecule has 0 bridgehead atoms. The number of carbonyl (C=O) groups excluding carboxylic acids is 2. The second kappa shape index (κ2) is 9.10. The lowest BCUT2D eigenvalue weighted by atomic mass is 10.1. The molecule has 0 amide bonds. The van der Waals surface area contributed by atoms with Gasteiger partial charge in [-0.25, -0.2) is 4.79 Å². The summed E-state index contributed by atoms with van der Waals surface area (Å²) in [6.07, 6.45) is -2.04. The van der Waals surface area contributed by atoms with Crippen molar-refractivity contribution >= 4 is 11.9 Å². The molecular weight excluding hydrogens is 276 g/mol. The van der Waals surface area contributed by atoms with E-state index in [0.29, 0.717) is 0 Å². The molecule has 1 aromatic rings. The molecule has 0 aliphatic heterocycles. The summed E-state index contributed by atoms with van der Waals surface area (Å²) >= 11 is 0. The predicted octanol–water partition coefficient (Wildman–Crippen LogP) is 1.06. The molecule has 0 aliphatic carbocycles. The van der Waals surface area contributed by atoms with Crippen LogP contribution in [-0.4, -0.2) is 43.5 Å². The van der Waals surface area contributed by atoms with Gasteiger partial charge >= 0.3 is 11.9 Å². The van der Waals surface area contributed by atoms with Crippen molar-refractivity contribution in [2.75, 3.05) is 14.2 Å². The van der Waals surface area contributed by atoms with E-state index in [9.17, 15) is 14.7 Å². The van der Waals surface area contributed by atoms with E-state index in [0.717, 1.165) is 5.56 Å². The number of ether oxygens (including phenoxy) is 3. The molecule has 21 heavy (non-hydrogen) atoms. The van der Waals surface area contributed by atoms with Crippen molar-refractivity contribution < 1.29 is 28.9 Å². The van der Waals surface area contributed by atoms with E-state index in [2.05, 4.69) is 9.47 Å². The van der Waals surface area contributed by atoms with Gasteiger partial charge in [0.1, 0.15) is 0 Å². The van der Waals surface area contributed by atoms with E-state index in [4.69, 9.17) is 4.74 Å². The van der Waals surface area contributed by atoms with Crippen LogP contribution in [0.15, 0.2) is 30.3 Å². The first kappa shape index (κ1) is 17.1. The SMILES string of the molecule is COC(=O)C[C@@H](C[C@@H](O)C(=O)OC)OCc1ccccc1. The Balaban J connectivity index is 2.59. The third kappa shape index (κ3) is 6.37. The van der Waals surface area contributed by atoms with Crippen LogP contribution in [0, 0.1) is 0 Å². The van der Waals surface area contributed by atoms with E-state index in [1.807, 2.05) is 30.3 Å². The molecule has 0 saturated heterocycles. The number of aliphatic hydroxyl groups is 1. The molecule has 0 fully saturated rings. The zero-order valence-electron chi connectivity index (χ0n) is 12.2. The standard InChI is InChI=1S/C15H20O6/c1-19-14(17)9-12(8-13(16)15(18)20-2)21-10-11-6-4-3-5-7-11/h3-7,12-13,16H,8-10H2,1-2H3/t12-,13-/m1/s1. The molecule has 6 nitrogen and oxygen atoms in total. The lowest BCUT2D eigenvalue weighted by Crippen LogP contribution is -2.30. The minimum atomic E-state index is -1.33. The summed E-state index contributed by atoms with van der Waals surface area (Å²) in [4.78, 5) is 22.6. The maximum Gasteiger partial charge on any atom is 0.334 e. The summed E-state index contributed by atoms with van der Waals surface area (Å²) in [5, 5.41) is 9.66. The van der Waals surface area contributed by atoms with Crippen LogP contribution in [0.1, 0.15) is 18.4 Å². The molecule has 1 rings (SSSR count). The first-order valence-corrected chi connectivity index (χ1v) is 6.55. The van der Waals surface area contributed by atoms with Gasteiger partial charge in [-0.1, -0.05) is 30.3 Å². The van der Waals surface area contributed by atoms with Crippen LogP contribution in [0.25, 0.3) is 0 Å². The van der Waals surface area contributed by atoms with Crippen molar-refractivity contribution in [3.05, 3.63) is 35.9 Å². The highest BCUT2D eigenvalue weighted by atomic mass is 16.5. The molecule has 0 saturated carbocycles. The second-order valence-electron chi connectivity index (χ2n) is 4.47. The van der Waals surface area contributed by atoms with E-state index >= 15 is 0 Å². The molecule has 0 heterocycles. The Morgan fingerprint density at radius 1 is 1.14 bits per heavy atom. The predicted molar refractivity (Wildman–Crippen MR) is 74.3 cm³/mol. The smallest absolute Gasteiger partial charge is 0.334 e. The fourth-order valence-electron chi connectivity index (χ4n) is 1.75. The van der Waals surface area contributed by atoms with Gasteiger partial charge in [-0.2, -0.15) is 0 Å². The number of carbonyl (C=O) groups is 2. The van der Waals surface area contributed by atoms with Gasteiger partial charge in [-0.05, 0) is 5.56 Å². The van der Waals surface area contributed by atoms with Crippen LogP contribution in [0.5, 0.6) is 0 Å². The summed E-state index contributed by atoms with van der Waals surface area (Å²) < 4.78 is 14.6. The van der Waals surface area contributed by atoms with Crippen molar-refractivity contribution in [2.24, 2.45) is 0 Å². The first-order chi connectivity index (χ1) is 10.1. The molecule has 2 atom stereocenters. The monoisotopic (exact) mass is 296 g/mol. The highest BCUT2D eigenvalue weighted by molar-refractivity contribution is 5.74. The number of esters is 2. The average Bonchev–Trinajstić information content (AvgIpc) is 2.52. The minimum absolute atomic E-state index is 0.0331. The van der Waals surface area contributed by atoms with E-state index < -0.39 is 24.1 Å². The normalized spacial score (nSPS) is 13.3. The number of aliphatic hydroxyl groups excluding tert-OH is 1. The Hall–Kier alpha value is -1.92. The van der Waals surface area contributed by atoms with Gasteiger partial charge in [-0.3, -0.25) is 4.79 Å². The van der Waals surface area contributed by atoms with Crippen LogP contribution < -0.4 is 0 Å². The van der Waals surface area contributed by atoms with E-state index in [1.165, 1.54) is 14.2 Å². The third-order valence-electron chi connectivity index (χ3n) is 2.91. The minimum Gasteiger partial charge on any atom is -0.469 e. The largest absolute Gasteiger partial charge is 0.469 e. The Morgan fingerprint density at radius 2 is 1.81 bits per heavy atom. The van der Waals surface area contributed by atoms with Gasteiger partial charge in [-0.15, -0.1) is 0 Å². The third-order valence-corrected chi connectivity index (χ3v) is 2.91. The lowest BCUT2D eigenvalue weighted by molar-refractivity contribution is -0.155. The second-order valence-corrected chi connectivity index (χ2v) is 4.47. The fourth-order valence-corrected chi connectivity index (χ4v) is 1.75. The highest BCUT2D eigenvalue weighted by Gasteiger charge is 2.24. The van der Waals surface area contributed by atoms with Gasteiger partial charge in [0.05, 0.1) is 33.4 Å². The van der Waals surface area contributed by atoms with Crippen LogP contribution in [-0.2, 0) is 30.4 Å².